The van der Waals surface area contributed by atoms with Crippen molar-refractivity contribution in [3.8, 4) is 5.75 Å². The Morgan fingerprint density at radius 3 is 2.47 bits per heavy atom. The molecular weight excluding hydrogens is 447 g/mol. The second-order valence-corrected chi connectivity index (χ2v) is 9.39. The van der Waals surface area contributed by atoms with E-state index in [0.29, 0.717) is 15.8 Å². The average Bonchev–Trinajstić information content (AvgIpc) is 2.75. The number of carboxylic acids is 1. The number of carbonyl (C=O) groups is 1. The second kappa shape index (κ2) is 10.3. The number of hydrogen-bond donors (Lipinski definition) is 1. The molecule has 1 saturated heterocycles. The van der Waals surface area contributed by atoms with Crippen molar-refractivity contribution in [3.05, 3.63) is 74.8 Å². The third kappa shape index (κ3) is 5.14. The molecule has 6 heteroatoms. The van der Waals surface area contributed by atoms with Gasteiger partial charge in [0.15, 0.2) is 6.61 Å². The van der Waals surface area contributed by atoms with E-state index >= 15 is 0 Å². The minimum absolute atomic E-state index is 0.0168. The van der Waals surface area contributed by atoms with Gasteiger partial charge in [0.05, 0.1) is 12.2 Å². The molecule has 3 rings (SSSR count). The second-order valence-electron chi connectivity index (χ2n) is 8.58. The summed E-state index contributed by atoms with van der Waals surface area (Å²) in [5.41, 5.74) is 4.68. The maximum atomic E-state index is 11.2. The van der Waals surface area contributed by atoms with Crippen LogP contribution in [0.5, 0.6) is 5.75 Å². The predicted molar refractivity (Wildman–Crippen MR) is 129 cm³/mol. The Balaban J connectivity index is 2.07. The summed E-state index contributed by atoms with van der Waals surface area (Å²) in [5, 5.41) is 10.5. The van der Waals surface area contributed by atoms with E-state index in [4.69, 9.17) is 37.8 Å². The van der Waals surface area contributed by atoms with Gasteiger partial charge in [0.2, 0.25) is 0 Å². The lowest BCUT2D eigenvalue weighted by atomic mass is 9.74. The summed E-state index contributed by atoms with van der Waals surface area (Å²) in [6.45, 7) is 11.8. The fourth-order valence-electron chi connectivity index (χ4n) is 4.65. The van der Waals surface area contributed by atoms with Gasteiger partial charge in [-0.15, -0.1) is 0 Å². The number of rotatable bonds is 7. The van der Waals surface area contributed by atoms with Gasteiger partial charge in [-0.05, 0) is 68.5 Å². The van der Waals surface area contributed by atoms with Crippen LogP contribution >= 0.6 is 23.2 Å². The predicted octanol–water partition coefficient (Wildman–Crippen LogP) is 7.29. The molecule has 0 aliphatic carbocycles. The smallest absolute Gasteiger partial charge is 0.341 e. The lowest BCUT2D eigenvalue weighted by Crippen LogP contribution is -2.36. The van der Waals surface area contributed by atoms with Crippen LogP contribution in [0.1, 0.15) is 61.0 Å². The molecule has 2 aromatic rings. The summed E-state index contributed by atoms with van der Waals surface area (Å²) in [5.74, 6) is -0.317. The third-order valence-corrected chi connectivity index (χ3v) is 7.14. The van der Waals surface area contributed by atoms with E-state index in [0.717, 1.165) is 35.1 Å². The summed E-state index contributed by atoms with van der Waals surface area (Å²) in [6.07, 6.45) is 1.33. The first kappa shape index (κ1) is 24.6. The molecule has 1 aliphatic rings. The first-order valence-corrected chi connectivity index (χ1v) is 11.6. The van der Waals surface area contributed by atoms with Gasteiger partial charge in [-0.3, -0.25) is 0 Å². The van der Waals surface area contributed by atoms with E-state index < -0.39 is 12.6 Å². The quantitative estimate of drug-likeness (QED) is 0.426. The number of hydrogen-bond acceptors (Lipinski definition) is 3. The zero-order valence-corrected chi connectivity index (χ0v) is 20.5. The largest absolute Gasteiger partial charge is 0.482 e. The van der Waals surface area contributed by atoms with Gasteiger partial charge in [0, 0.05) is 27.4 Å². The van der Waals surface area contributed by atoms with Crippen LogP contribution in [-0.4, -0.2) is 23.8 Å². The molecule has 2 aromatic carbocycles. The Hall–Kier alpha value is -2.01. The van der Waals surface area contributed by atoms with Gasteiger partial charge in [-0.25, -0.2) is 4.79 Å². The lowest BCUT2D eigenvalue weighted by molar-refractivity contribution is -0.139. The van der Waals surface area contributed by atoms with Crippen LogP contribution in [0.4, 0.5) is 0 Å². The number of aliphatic carboxylic acids is 1. The topological polar surface area (TPSA) is 55.8 Å². The molecule has 0 saturated carbocycles. The van der Waals surface area contributed by atoms with Crippen LogP contribution in [0.15, 0.2) is 42.5 Å². The van der Waals surface area contributed by atoms with E-state index in [9.17, 15) is 4.79 Å². The molecule has 0 amide bonds. The zero-order chi connectivity index (χ0) is 23.6. The highest BCUT2D eigenvalue weighted by Gasteiger charge is 2.41. The van der Waals surface area contributed by atoms with Crippen molar-refractivity contribution in [3.63, 3.8) is 0 Å². The maximum Gasteiger partial charge on any atom is 0.341 e. The van der Waals surface area contributed by atoms with Crippen molar-refractivity contribution < 1.29 is 19.4 Å². The molecule has 4 atom stereocenters. The monoisotopic (exact) mass is 476 g/mol. The molecule has 172 valence electrons. The minimum Gasteiger partial charge on any atom is -0.482 e. The Kier molecular flexibility index (Phi) is 7.92. The van der Waals surface area contributed by atoms with E-state index in [1.54, 1.807) is 6.07 Å². The Morgan fingerprint density at radius 1 is 1.25 bits per heavy atom. The highest BCUT2D eigenvalue weighted by molar-refractivity contribution is 6.32. The van der Waals surface area contributed by atoms with Crippen molar-refractivity contribution in [2.24, 2.45) is 5.92 Å². The Labute approximate surface area is 200 Å². The van der Waals surface area contributed by atoms with Crippen molar-refractivity contribution >= 4 is 29.2 Å². The molecule has 32 heavy (non-hydrogen) atoms. The van der Waals surface area contributed by atoms with Gasteiger partial charge >= 0.3 is 5.97 Å². The van der Waals surface area contributed by atoms with Gasteiger partial charge in [0.25, 0.3) is 0 Å². The van der Waals surface area contributed by atoms with Crippen molar-refractivity contribution in [1.29, 1.82) is 0 Å². The first-order valence-electron chi connectivity index (χ1n) is 10.8. The molecule has 0 radical (unpaired) electrons. The van der Waals surface area contributed by atoms with Gasteiger partial charge in [-0.1, -0.05) is 54.4 Å². The van der Waals surface area contributed by atoms with Gasteiger partial charge < -0.3 is 14.6 Å². The summed E-state index contributed by atoms with van der Waals surface area (Å²) >= 11 is 12.7. The number of aryl methyl sites for hydroxylation is 1. The molecule has 0 spiro atoms. The Morgan fingerprint density at radius 2 is 1.91 bits per heavy atom. The van der Waals surface area contributed by atoms with Crippen LogP contribution in [-0.2, 0) is 9.53 Å². The molecule has 1 aliphatic heterocycles. The maximum absolute atomic E-state index is 11.2. The standard InChI is InChI=1S/C26H30Cl2O4/c1-6-21-20(17-7-9-18(27)10-8-17)12-19(14(2)3)26(32-21)24-16(5)25(28)15(4)11-22(24)31-13-23(29)30/h7-11,19-21,26H,2,6,12-13H2,1,3-5H3,(H,29,30)/t19-,20-,21+,26+/m1/s1. The third-order valence-electron chi connectivity index (χ3n) is 6.31. The summed E-state index contributed by atoms with van der Waals surface area (Å²) in [7, 11) is 0. The summed E-state index contributed by atoms with van der Waals surface area (Å²) < 4.78 is 12.4. The highest BCUT2D eigenvalue weighted by atomic mass is 35.5. The van der Waals surface area contributed by atoms with E-state index in [2.05, 4.69) is 25.6 Å². The lowest BCUT2D eigenvalue weighted by Gasteiger charge is -2.43. The van der Waals surface area contributed by atoms with Crippen LogP contribution in [0.3, 0.4) is 0 Å². The minimum atomic E-state index is -1.03. The number of benzene rings is 2. The normalized spacial score (nSPS) is 23.1. The molecule has 1 fully saturated rings. The van der Waals surface area contributed by atoms with Gasteiger partial charge in [0.1, 0.15) is 5.75 Å². The highest BCUT2D eigenvalue weighted by Crippen LogP contribution is 2.50. The van der Waals surface area contributed by atoms with Crippen molar-refractivity contribution in [2.45, 2.75) is 58.7 Å². The molecule has 1 heterocycles. The van der Waals surface area contributed by atoms with E-state index in [1.807, 2.05) is 32.9 Å². The number of carboxylic acid groups (broad SMARTS) is 1. The molecule has 0 aromatic heterocycles. The van der Waals surface area contributed by atoms with Crippen LogP contribution in [0.25, 0.3) is 0 Å². The first-order chi connectivity index (χ1) is 15.1. The average molecular weight is 477 g/mol. The van der Waals surface area contributed by atoms with Crippen LogP contribution in [0.2, 0.25) is 10.0 Å². The van der Waals surface area contributed by atoms with E-state index in [1.165, 1.54) is 5.56 Å². The molecule has 4 nitrogen and oxygen atoms in total. The fraction of sp³-hybridized carbons (Fsp3) is 0.423. The fourth-order valence-corrected chi connectivity index (χ4v) is 4.93. The molecule has 0 unspecified atom stereocenters. The molecule has 1 N–H and O–H groups in total. The van der Waals surface area contributed by atoms with E-state index in [-0.39, 0.29) is 24.0 Å². The number of ether oxygens (including phenoxy) is 2. The summed E-state index contributed by atoms with van der Waals surface area (Å²) in [4.78, 5) is 11.2. The van der Waals surface area contributed by atoms with Crippen molar-refractivity contribution in [2.75, 3.05) is 6.61 Å². The Bertz CT molecular complexity index is 1000. The summed E-state index contributed by atoms with van der Waals surface area (Å²) in [6, 6.07) is 9.74. The number of halogens is 2. The zero-order valence-electron chi connectivity index (χ0n) is 19.0. The SMILES string of the molecule is C=C(C)[C@H]1C[C@H](c2ccc(Cl)cc2)[C@H](CC)O[C@@H]1c1c(OCC(=O)O)cc(C)c(Cl)c1C. The van der Waals surface area contributed by atoms with Crippen LogP contribution in [0, 0.1) is 19.8 Å². The molecule has 0 bridgehead atoms. The molecular formula is C26H30Cl2O4. The van der Waals surface area contributed by atoms with Gasteiger partial charge in [-0.2, -0.15) is 0 Å². The van der Waals surface area contributed by atoms with Crippen LogP contribution < -0.4 is 4.74 Å². The van der Waals surface area contributed by atoms with Crippen molar-refractivity contribution in [1.82, 2.24) is 0 Å².